The monoisotopic (exact) mass is 266 g/mol. The molecule has 0 heterocycles. The average Bonchev–Trinajstić information content (AvgIpc) is 2.93. The summed E-state index contributed by atoms with van der Waals surface area (Å²) >= 11 is 0. The maximum absolute atomic E-state index is 12.4. The van der Waals surface area contributed by atoms with Gasteiger partial charge in [-0.15, -0.1) is 0 Å². The molecule has 19 heavy (non-hydrogen) atoms. The Hall–Kier alpha value is -0.570. The molecule has 2 rings (SSSR count). The van der Waals surface area contributed by atoms with Crippen LogP contribution < -0.4 is 11.1 Å². The minimum absolute atomic E-state index is 0.222. The molecule has 0 saturated heterocycles. The van der Waals surface area contributed by atoms with E-state index in [4.69, 9.17) is 5.73 Å². The predicted octanol–water partition coefficient (Wildman–Crippen LogP) is 2.84. The zero-order chi connectivity index (χ0) is 13.7. The molecule has 0 aliphatic heterocycles. The highest BCUT2D eigenvalue weighted by atomic mass is 16.2. The van der Waals surface area contributed by atoms with Crippen molar-refractivity contribution in [1.82, 2.24) is 5.32 Å². The number of rotatable bonds is 5. The number of hydrogen-bond acceptors (Lipinski definition) is 2. The Kier molecular flexibility index (Phi) is 5.26. The largest absolute Gasteiger partial charge is 0.356 e. The summed E-state index contributed by atoms with van der Waals surface area (Å²) in [6.45, 7) is 3.63. The predicted molar refractivity (Wildman–Crippen MR) is 78.7 cm³/mol. The van der Waals surface area contributed by atoms with Crippen LogP contribution in [0.4, 0.5) is 0 Å². The summed E-state index contributed by atoms with van der Waals surface area (Å²) in [5, 5.41) is 3.17. The molecule has 2 aliphatic carbocycles. The fourth-order valence-corrected chi connectivity index (χ4v) is 3.71. The van der Waals surface area contributed by atoms with Crippen LogP contribution in [-0.2, 0) is 4.79 Å². The van der Waals surface area contributed by atoms with Gasteiger partial charge in [0.15, 0.2) is 0 Å². The Balaban J connectivity index is 1.76. The van der Waals surface area contributed by atoms with Gasteiger partial charge in [0.2, 0.25) is 5.91 Å². The first kappa shape index (κ1) is 14.8. The molecule has 0 aromatic rings. The van der Waals surface area contributed by atoms with Crippen molar-refractivity contribution in [3.05, 3.63) is 0 Å². The fraction of sp³-hybridized carbons (Fsp3) is 0.938. The number of carbonyl (C=O) groups excluding carboxylic acids is 1. The molecule has 2 aliphatic rings. The van der Waals surface area contributed by atoms with Gasteiger partial charge in [-0.25, -0.2) is 0 Å². The molecule has 2 fully saturated rings. The Morgan fingerprint density at radius 1 is 1.21 bits per heavy atom. The van der Waals surface area contributed by atoms with Gasteiger partial charge in [-0.2, -0.15) is 0 Å². The van der Waals surface area contributed by atoms with E-state index >= 15 is 0 Å². The highest BCUT2D eigenvalue weighted by Crippen LogP contribution is 2.38. The molecular formula is C16H30N2O. The van der Waals surface area contributed by atoms with E-state index in [2.05, 4.69) is 12.2 Å². The van der Waals surface area contributed by atoms with E-state index in [0.717, 1.165) is 50.5 Å². The SMILES string of the molecule is CC1CCC(CN)(C(=O)NCCC2CCCC2)CC1. The van der Waals surface area contributed by atoms with E-state index in [0.29, 0.717) is 6.54 Å². The van der Waals surface area contributed by atoms with Crippen LogP contribution in [0.25, 0.3) is 0 Å². The summed E-state index contributed by atoms with van der Waals surface area (Å²) in [7, 11) is 0. The molecule has 0 bridgehead atoms. The minimum Gasteiger partial charge on any atom is -0.356 e. The van der Waals surface area contributed by atoms with Crippen LogP contribution in [0, 0.1) is 17.3 Å². The molecule has 1 amide bonds. The highest BCUT2D eigenvalue weighted by molar-refractivity contribution is 5.83. The number of nitrogens with one attached hydrogen (secondary N) is 1. The van der Waals surface area contributed by atoms with Crippen LogP contribution in [0.1, 0.15) is 64.7 Å². The first-order valence-corrected chi connectivity index (χ1v) is 8.15. The summed E-state index contributed by atoms with van der Waals surface area (Å²) in [6.07, 6.45) is 10.9. The third-order valence-electron chi connectivity index (χ3n) is 5.42. The summed E-state index contributed by atoms with van der Waals surface area (Å²) in [4.78, 5) is 12.4. The zero-order valence-electron chi connectivity index (χ0n) is 12.4. The van der Waals surface area contributed by atoms with Crippen LogP contribution in [-0.4, -0.2) is 19.0 Å². The van der Waals surface area contributed by atoms with E-state index in [1.54, 1.807) is 0 Å². The van der Waals surface area contributed by atoms with Crippen molar-refractivity contribution in [2.24, 2.45) is 23.0 Å². The van der Waals surface area contributed by atoms with Crippen molar-refractivity contribution in [1.29, 1.82) is 0 Å². The molecule has 3 heteroatoms. The van der Waals surface area contributed by atoms with Gasteiger partial charge in [0, 0.05) is 13.1 Å². The van der Waals surface area contributed by atoms with E-state index < -0.39 is 0 Å². The number of nitrogens with two attached hydrogens (primary N) is 1. The van der Waals surface area contributed by atoms with Crippen molar-refractivity contribution < 1.29 is 4.79 Å². The maximum Gasteiger partial charge on any atom is 0.227 e. The van der Waals surface area contributed by atoms with Gasteiger partial charge in [-0.05, 0) is 43.9 Å². The topological polar surface area (TPSA) is 55.1 Å². The van der Waals surface area contributed by atoms with Gasteiger partial charge < -0.3 is 11.1 Å². The van der Waals surface area contributed by atoms with Crippen LogP contribution in [0.15, 0.2) is 0 Å². The molecule has 3 N–H and O–H groups in total. The van der Waals surface area contributed by atoms with Crippen molar-refractivity contribution in [3.63, 3.8) is 0 Å². The van der Waals surface area contributed by atoms with Gasteiger partial charge in [0.1, 0.15) is 0 Å². The van der Waals surface area contributed by atoms with Crippen LogP contribution in [0.3, 0.4) is 0 Å². The quantitative estimate of drug-likeness (QED) is 0.804. The third-order valence-corrected chi connectivity index (χ3v) is 5.42. The normalized spacial score (nSPS) is 32.4. The van der Waals surface area contributed by atoms with Gasteiger partial charge in [-0.3, -0.25) is 4.79 Å². The van der Waals surface area contributed by atoms with Gasteiger partial charge in [0.25, 0.3) is 0 Å². The van der Waals surface area contributed by atoms with Crippen LogP contribution >= 0.6 is 0 Å². The van der Waals surface area contributed by atoms with E-state index in [1.807, 2.05) is 0 Å². The van der Waals surface area contributed by atoms with Crippen molar-refractivity contribution in [2.45, 2.75) is 64.7 Å². The first-order valence-electron chi connectivity index (χ1n) is 8.15. The lowest BCUT2D eigenvalue weighted by atomic mass is 9.70. The lowest BCUT2D eigenvalue weighted by Gasteiger charge is -2.37. The van der Waals surface area contributed by atoms with E-state index in [1.165, 1.54) is 25.7 Å². The Bertz CT molecular complexity index is 289. The second-order valence-corrected chi connectivity index (χ2v) is 6.86. The molecule has 0 atom stereocenters. The fourth-order valence-electron chi connectivity index (χ4n) is 3.71. The second kappa shape index (κ2) is 6.74. The van der Waals surface area contributed by atoms with Gasteiger partial charge in [0.05, 0.1) is 5.41 Å². The molecule has 3 nitrogen and oxygen atoms in total. The van der Waals surface area contributed by atoms with E-state index in [9.17, 15) is 4.79 Å². The number of amides is 1. The molecule has 0 radical (unpaired) electrons. The van der Waals surface area contributed by atoms with Gasteiger partial charge in [-0.1, -0.05) is 32.6 Å². The Morgan fingerprint density at radius 2 is 1.84 bits per heavy atom. The average molecular weight is 266 g/mol. The van der Waals surface area contributed by atoms with Gasteiger partial charge >= 0.3 is 0 Å². The molecule has 0 unspecified atom stereocenters. The van der Waals surface area contributed by atoms with Crippen LogP contribution in [0.5, 0.6) is 0 Å². The highest BCUT2D eigenvalue weighted by Gasteiger charge is 2.39. The molecule has 0 spiro atoms. The zero-order valence-corrected chi connectivity index (χ0v) is 12.4. The second-order valence-electron chi connectivity index (χ2n) is 6.86. The minimum atomic E-state index is -0.262. The molecule has 2 saturated carbocycles. The Morgan fingerprint density at radius 3 is 2.42 bits per heavy atom. The van der Waals surface area contributed by atoms with Crippen molar-refractivity contribution in [3.8, 4) is 0 Å². The van der Waals surface area contributed by atoms with Crippen molar-refractivity contribution >= 4 is 5.91 Å². The first-order chi connectivity index (χ1) is 9.16. The summed E-state index contributed by atoms with van der Waals surface area (Å²) in [5.41, 5.74) is 5.66. The maximum atomic E-state index is 12.4. The summed E-state index contributed by atoms with van der Waals surface area (Å²) < 4.78 is 0. The Labute approximate surface area is 117 Å². The molecule has 0 aromatic heterocycles. The lowest BCUT2D eigenvalue weighted by Crippen LogP contribution is -2.48. The van der Waals surface area contributed by atoms with E-state index in [-0.39, 0.29) is 11.3 Å². The lowest BCUT2D eigenvalue weighted by molar-refractivity contribution is -0.132. The number of carbonyl (C=O) groups is 1. The molecule has 110 valence electrons. The smallest absolute Gasteiger partial charge is 0.227 e. The molecular weight excluding hydrogens is 236 g/mol. The number of hydrogen-bond donors (Lipinski definition) is 2. The standard InChI is InChI=1S/C16H30N2O/c1-13-6-9-16(12-17,10-7-13)15(19)18-11-8-14-4-2-3-5-14/h13-14H,2-12,17H2,1H3,(H,18,19). The summed E-state index contributed by atoms with van der Waals surface area (Å²) in [6, 6.07) is 0. The summed E-state index contributed by atoms with van der Waals surface area (Å²) in [5.74, 6) is 1.83. The molecule has 0 aromatic carbocycles. The van der Waals surface area contributed by atoms with Crippen LogP contribution in [0.2, 0.25) is 0 Å². The van der Waals surface area contributed by atoms with Crippen molar-refractivity contribution in [2.75, 3.05) is 13.1 Å². The third kappa shape index (κ3) is 3.71.